The van der Waals surface area contributed by atoms with Crippen molar-refractivity contribution in [3.05, 3.63) is 64.1 Å². The highest BCUT2D eigenvalue weighted by atomic mass is 79.9. The highest BCUT2D eigenvalue weighted by Gasteiger charge is 2.15. The molecule has 0 saturated carbocycles. The number of nitrogens with zero attached hydrogens (tertiary/aromatic N) is 1. The van der Waals surface area contributed by atoms with Crippen LogP contribution in [-0.4, -0.2) is 42.8 Å². The van der Waals surface area contributed by atoms with Crippen molar-refractivity contribution >= 4 is 39.3 Å². The van der Waals surface area contributed by atoms with Crippen molar-refractivity contribution in [3.63, 3.8) is 0 Å². The minimum absolute atomic E-state index is 0.127. The molecule has 0 heterocycles. The highest BCUT2D eigenvalue weighted by Crippen LogP contribution is 2.19. The summed E-state index contributed by atoms with van der Waals surface area (Å²) in [5.74, 6) is -0.994. The monoisotopic (exact) mass is 417 g/mol. The molecule has 0 atom stereocenters. The first kappa shape index (κ1) is 19.7. The number of benzene rings is 2. The number of hydrogen-bond donors (Lipinski definition) is 2. The molecule has 2 N–H and O–H groups in total. The van der Waals surface area contributed by atoms with Gasteiger partial charge >= 0.3 is 0 Å². The molecule has 3 amide bonds. The number of likely N-dealkylation sites (N-methyl/N-ethyl adjacent to an activating group) is 1. The van der Waals surface area contributed by atoms with Crippen molar-refractivity contribution in [2.75, 3.05) is 25.5 Å². The quantitative estimate of drug-likeness (QED) is 0.757. The van der Waals surface area contributed by atoms with E-state index in [1.807, 2.05) is 25.1 Å². The van der Waals surface area contributed by atoms with Crippen LogP contribution in [0.4, 0.5) is 5.69 Å². The fourth-order valence-electron chi connectivity index (χ4n) is 2.25. The lowest BCUT2D eigenvalue weighted by atomic mass is 10.2. The molecule has 0 aliphatic carbocycles. The van der Waals surface area contributed by atoms with Gasteiger partial charge in [-0.2, -0.15) is 0 Å². The third kappa shape index (κ3) is 5.70. The van der Waals surface area contributed by atoms with E-state index in [4.69, 9.17) is 0 Å². The highest BCUT2D eigenvalue weighted by molar-refractivity contribution is 9.10. The number of nitrogens with one attached hydrogen (secondary N) is 2. The van der Waals surface area contributed by atoms with E-state index in [1.165, 1.54) is 4.90 Å². The SMILES string of the molecule is Cc1cc(NC(=O)CNC(=O)CN(C)C(=O)c2ccccc2)ccc1Br. The molecule has 0 saturated heterocycles. The summed E-state index contributed by atoms with van der Waals surface area (Å²) < 4.78 is 0.954. The molecule has 2 aromatic rings. The van der Waals surface area contributed by atoms with Crippen LogP contribution in [0.25, 0.3) is 0 Å². The third-order valence-corrected chi connectivity index (χ3v) is 4.53. The van der Waals surface area contributed by atoms with Crippen LogP contribution in [0.5, 0.6) is 0 Å². The predicted octanol–water partition coefficient (Wildman–Crippen LogP) is 2.58. The van der Waals surface area contributed by atoms with Crippen LogP contribution in [-0.2, 0) is 9.59 Å². The van der Waals surface area contributed by atoms with E-state index in [0.717, 1.165) is 10.0 Å². The van der Waals surface area contributed by atoms with Crippen molar-refractivity contribution in [2.45, 2.75) is 6.92 Å². The molecule has 6 nitrogen and oxygen atoms in total. The van der Waals surface area contributed by atoms with Gasteiger partial charge in [-0.25, -0.2) is 0 Å². The van der Waals surface area contributed by atoms with Gasteiger partial charge in [-0.15, -0.1) is 0 Å². The fourth-order valence-corrected chi connectivity index (χ4v) is 2.50. The number of amides is 3. The Morgan fingerprint density at radius 3 is 2.38 bits per heavy atom. The number of carbonyl (C=O) groups is 3. The summed E-state index contributed by atoms with van der Waals surface area (Å²) in [6, 6.07) is 14.1. The van der Waals surface area contributed by atoms with Crippen molar-refractivity contribution in [1.82, 2.24) is 10.2 Å². The van der Waals surface area contributed by atoms with E-state index in [0.29, 0.717) is 11.3 Å². The van der Waals surface area contributed by atoms with Crippen molar-refractivity contribution in [3.8, 4) is 0 Å². The van der Waals surface area contributed by atoms with Crippen molar-refractivity contribution < 1.29 is 14.4 Å². The normalized spacial score (nSPS) is 10.1. The van der Waals surface area contributed by atoms with Gasteiger partial charge in [-0.05, 0) is 42.8 Å². The summed E-state index contributed by atoms with van der Waals surface area (Å²) >= 11 is 3.39. The second kappa shape index (κ2) is 9.15. The summed E-state index contributed by atoms with van der Waals surface area (Å²) in [5.41, 5.74) is 2.15. The smallest absolute Gasteiger partial charge is 0.254 e. The Morgan fingerprint density at radius 2 is 1.73 bits per heavy atom. The Labute approximate surface area is 160 Å². The molecule has 0 spiro atoms. The van der Waals surface area contributed by atoms with Crippen LogP contribution in [0.2, 0.25) is 0 Å². The lowest BCUT2D eigenvalue weighted by molar-refractivity contribution is -0.124. The first-order chi connectivity index (χ1) is 12.4. The summed E-state index contributed by atoms with van der Waals surface area (Å²) in [7, 11) is 1.54. The first-order valence-electron chi connectivity index (χ1n) is 8.00. The second-order valence-electron chi connectivity index (χ2n) is 5.82. The molecule has 0 aliphatic rings. The largest absolute Gasteiger partial charge is 0.345 e. The maximum atomic E-state index is 12.2. The Bertz CT molecular complexity index is 809. The zero-order valence-corrected chi connectivity index (χ0v) is 16.2. The first-order valence-corrected chi connectivity index (χ1v) is 8.79. The molecule has 2 rings (SSSR count). The van der Waals surface area contributed by atoms with E-state index < -0.39 is 5.91 Å². The maximum Gasteiger partial charge on any atom is 0.254 e. The molecule has 0 bridgehead atoms. The molecule has 26 heavy (non-hydrogen) atoms. The van der Waals surface area contributed by atoms with Crippen LogP contribution in [0.3, 0.4) is 0 Å². The third-order valence-electron chi connectivity index (χ3n) is 3.64. The number of anilines is 1. The summed E-state index contributed by atoms with van der Waals surface area (Å²) in [4.78, 5) is 37.4. The molecule has 0 radical (unpaired) electrons. The van der Waals surface area contributed by atoms with Gasteiger partial charge in [0, 0.05) is 22.8 Å². The molecule has 136 valence electrons. The summed E-state index contributed by atoms with van der Waals surface area (Å²) in [6.45, 7) is 1.63. The topological polar surface area (TPSA) is 78.5 Å². The van der Waals surface area contributed by atoms with Gasteiger partial charge in [0.25, 0.3) is 5.91 Å². The van der Waals surface area contributed by atoms with Crippen molar-refractivity contribution in [2.24, 2.45) is 0 Å². The summed E-state index contributed by atoms with van der Waals surface area (Å²) in [5, 5.41) is 5.22. The van der Waals surface area contributed by atoms with Gasteiger partial charge in [0.2, 0.25) is 11.8 Å². The lowest BCUT2D eigenvalue weighted by Gasteiger charge is -2.16. The average molecular weight is 418 g/mol. The van der Waals surface area contributed by atoms with E-state index in [2.05, 4.69) is 26.6 Å². The van der Waals surface area contributed by atoms with E-state index in [1.54, 1.807) is 37.4 Å². The van der Waals surface area contributed by atoms with Crippen LogP contribution in [0, 0.1) is 6.92 Å². The van der Waals surface area contributed by atoms with Crippen LogP contribution in [0.1, 0.15) is 15.9 Å². The molecule has 2 aromatic carbocycles. The van der Waals surface area contributed by atoms with E-state index >= 15 is 0 Å². The van der Waals surface area contributed by atoms with Crippen LogP contribution < -0.4 is 10.6 Å². The number of aryl methyl sites for hydroxylation is 1. The van der Waals surface area contributed by atoms with Gasteiger partial charge in [0.05, 0.1) is 13.1 Å². The Balaban J connectivity index is 1.79. The minimum Gasteiger partial charge on any atom is -0.345 e. The molecule has 0 fully saturated rings. The number of halogens is 1. The predicted molar refractivity (Wildman–Crippen MR) is 104 cm³/mol. The Hall–Kier alpha value is -2.67. The number of rotatable bonds is 6. The number of carbonyl (C=O) groups excluding carboxylic acids is 3. The van der Waals surface area contributed by atoms with Gasteiger partial charge in [-0.1, -0.05) is 34.1 Å². The Morgan fingerprint density at radius 1 is 1.04 bits per heavy atom. The van der Waals surface area contributed by atoms with Crippen molar-refractivity contribution in [1.29, 1.82) is 0 Å². The number of hydrogen-bond acceptors (Lipinski definition) is 3. The Kier molecular flexibility index (Phi) is 6.91. The molecule has 0 unspecified atom stereocenters. The fraction of sp³-hybridized carbons (Fsp3) is 0.211. The van der Waals surface area contributed by atoms with Crippen LogP contribution >= 0.6 is 15.9 Å². The zero-order chi connectivity index (χ0) is 19.1. The standard InChI is InChI=1S/C19H20BrN3O3/c1-13-10-15(8-9-16(13)20)22-17(24)11-21-18(25)12-23(2)19(26)14-6-4-3-5-7-14/h3-10H,11-12H2,1-2H3,(H,21,25)(H,22,24). The second-order valence-corrected chi connectivity index (χ2v) is 6.67. The maximum absolute atomic E-state index is 12.2. The molecule has 0 aliphatic heterocycles. The molecular formula is C19H20BrN3O3. The molecular weight excluding hydrogens is 398 g/mol. The van der Waals surface area contributed by atoms with Gasteiger partial charge in [0.1, 0.15) is 0 Å². The van der Waals surface area contributed by atoms with E-state index in [-0.39, 0.29) is 24.9 Å². The average Bonchev–Trinajstić information content (AvgIpc) is 2.63. The molecule has 0 aromatic heterocycles. The van der Waals surface area contributed by atoms with E-state index in [9.17, 15) is 14.4 Å². The van der Waals surface area contributed by atoms with Gasteiger partial charge in [0.15, 0.2) is 0 Å². The lowest BCUT2D eigenvalue weighted by Crippen LogP contribution is -2.41. The van der Waals surface area contributed by atoms with Gasteiger partial charge < -0.3 is 15.5 Å². The molecule has 7 heteroatoms. The minimum atomic E-state index is -0.404. The van der Waals surface area contributed by atoms with Gasteiger partial charge in [-0.3, -0.25) is 14.4 Å². The summed E-state index contributed by atoms with van der Waals surface area (Å²) in [6.07, 6.45) is 0. The van der Waals surface area contributed by atoms with Crippen LogP contribution in [0.15, 0.2) is 53.0 Å². The zero-order valence-electron chi connectivity index (χ0n) is 14.6.